The first-order valence-electron chi connectivity index (χ1n) is 4.29. The van der Waals surface area contributed by atoms with E-state index in [1.54, 1.807) is 18.5 Å². The van der Waals surface area contributed by atoms with Gasteiger partial charge in [0.1, 0.15) is 0 Å². The molecule has 13 heavy (non-hydrogen) atoms. The van der Waals surface area contributed by atoms with Gasteiger partial charge in [-0.1, -0.05) is 0 Å². The number of likely N-dealkylation sites (N-methyl/N-ethyl adjacent to an activating group) is 1. The highest BCUT2D eigenvalue weighted by Gasteiger charge is 2.23. The minimum Gasteiger partial charge on any atom is -0.337 e. The van der Waals surface area contributed by atoms with Crippen LogP contribution in [0.2, 0.25) is 0 Å². The average molecular weight is 180 g/mol. The van der Waals surface area contributed by atoms with E-state index in [0.717, 1.165) is 0 Å². The zero-order chi connectivity index (χ0) is 9.90. The molecular formula is C9H16N4. The van der Waals surface area contributed by atoms with Crippen LogP contribution in [0.3, 0.4) is 0 Å². The molecule has 0 unspecified atom stereocenters. The summed E-state index contributed by atoms with van der Waals surface area (Å²) < 4.78 is 0. The molecule has 0 saturated carbocycles. The maximum absolute atomic E-state index is 5.65. The average Bonchev–Trinajstić information content (AvgIpc) is 2.18. The van der Waals surface area contributed by atoms with E-state index in [2.05, 4.69) is 23.8 Å². The summed E-state index contributed by atoms with van der Waals surface area (Å²) in [5.41, 5.74) is 5.54. The summed E-state index contributed by atoms with van der Waals surface area (Å²) in [6, 6.07) is 1.80. The fourth-order valence-electron chi connectivity index (χ4n) is 0.872. The summed E-state index contributed by atoms with van der Waals surface area (Å²) in [6.07, 6.45) is 3.46. The zero-order valence-corrected chi connectivity index (χ0v) is 8.36. The van der Waals surface area contributed by atoms with Crippen LogP contribution in [0.15, 0.2) is 18.5 Å². The highest BCUT2D eigenvalue weighted by Crippen LogP contribution is 2.15. The van der Waals surface area contributed by atoms with E-state index in [1.807, 2.05) is 11.9 Å². The van der Waals surface area contributed by atoms with E-state index in [4.69, 9.17) is 5.73 Å². The molecule has 0 saturated heterocycles. The molecule has 1 aromatic heterocycles. The SMILES string of the molecule is CN(c1ncccn1)C(C)(C)CN. The van der Waals surface area contributed by atoms with E-state index >= 15 is 0 Å². The predicted molar refractivity (Wildman–Crippen MR) is 53.6 cm³/mol. The minimum atomic E-state index is -0.110. The van der Waals surface area contributed by atoms with Gasteiger partial charge in [0, 0.05) is 31.5 Å². The second kappa shape index (κ2) is 3.70. The van der Waals surface area contributed by atoms with Gasteiger partial charge in [0.15, 0.2) is 0 Å². The van der Waals surface area contributed by atoms with Gasteiger partial charge in [-0.2, -0.15) is 0 Å². The molecule has 72 valence electrons. The lowest BCUT2D eigenvalue weighted by atomic mass is 10.1. The van der Waals surface area contributed by atoms with Crippen molar-refractivity contribution in [3.05, 3.63) is 18.5 Å². The van der Waals surface area contributed by atoms with Crippen molar-refractivity contribution in [3.8, 4) is 0 Å². The normalized spacial score (nSPS) is 11.4. The molecule has 4 nitrogen and oxygen atoms in total. The Balaban J connectivity index is 2.85. The topological polar surface area (TPSA) is 55.0 Å². The molecule has 0 aliphatic rings. The molecule has 1 heterocycles. The molecule has 0 spiro atoms. The number of aromatic nitrogens is 2. The summed E-state index contributed by atoms with van der Waals surface area (Å²) in [4.78, 5) is 10.3. The summed E-state index contributed by atoms with van der Waals surface area (Å²) in [6.45, 7) is 4.69. The van der Waals surface area contributed by atoms with Crippen LogP contribution in [-0.4, -0.2) is 29.1 Å². The van der Waals surface area contributed by atoms with Crippen molar-refractivity contribution in [2.45, 2.75) is 19.4 Å². The van der Waals surface area contributed by atoms with Crippen LogP contribution in [0.25, 0.3) is 0 Å². The maximum atomic E-state index is 5.65. The standard InChI is InChI=1S/C9H16N4/c1-9(2,7-10)13(3)8-11-5-4-6-12-8/h4-6H,7,10H2,1-3H3. The van der Waals surface area contributed by atoms with Crippen LogP contribution >= 0.6 is 0 Å². The maximum Gasteiger partial charge on any atom is 0.225 e. The third-order valence-corrected chi connectivity index (χ3v) is 2.26. The Morgan fingerprint density at radius 1 is 1.38 bits per heavy atom. The number of anilines is 1. The molecule has 1 aromatic rings. The van der Waals surface area contributed by atoms with E-state index in [1.165, 1.54) is 0 Å². The second-order valence-electron chi connectivity index (χ2n) is 3.62. The summed E-state index contributed by atoms with van der Waals surface area (Å²) >= 11 is 0. The first kappa shape index (κ1) is 9.92. The molecular weight excluding hydrogens is 164 g/mol. The highest BCUT2D eigenvalue weighted by atomic mass is 15.3. The largest absolute Gasteiger partial charge is 0.337 e. The number of hydrogen-bond acceptors (Lipinski definition) is 4. The third-order valence-electron chi connectivity index (χ3n) is 2.26. The van der Waals surface area contributed by atoms with Crippen molar-refractivity contribution in [1.29, 1.82) is 0 Å². The quantitative estimate of drug-likeness (QED) is 0.742. The fourth-order valence-corrected chi connectivity index (χ4v) is 0.872. The Kier molecular flexibility index (Phi) is 2.83. The summed E-state index contributed by atoms with van der Waals surface area (Å²) in [5, 5.41) is 0. The lowest BCUT2D eigenvalue weighted by molar-refractivity contribution is 0.490. The van der Waals surface area contributed by atoms with E-state index in [9.17, 15) is 0 Å². The molecule has 2 N–H and O–H groups in total. The van der Waals surface area contributed by atoms with Crippen LogP contribution in [0.1, 0.15) is 13.8 Å². The number of rotatable bonds is 3. The summed E-state index contributed by atoms with van der Waals surface area (Å²) in [5.74, 6) is 0.706. The van der Waals surface area contributed by atoms with Crippen molar-refractivity contribution in [2.75, 3.05) is 18.5 Å². The predicted octanol–water partition coefficient (Wildman–Crippen LogP) is 0.650. The Hall–Kier alpha value is -1.16. The Morgan fingerprint density at radius 2 is 1.92 bits per heavy atom. The molecule has 0 aliphatic heterocycles. The third kappa shape index (κ3) is 2.15. The van der Waals surface area contributed by atoms with Gasteiger partial charge in [0.25, 0.3) is 0 Å². The van der Waals surface area contributed by atoms with Gasteiger partial charge in [-0.15, -0.1) is 0 Å². The van der Waals surface area contributed by atoms with Gasteiger partial charge in [-0.25, -0.2) is 9.97 Å². The van der Waals surface area contributed by atoms with Crippen LogP contribution in [0.4, 0.5) is 5.95 Å². The first-order valence-corrected chi connectivity index (χ1v) is 4.29. The molecule has 0 amide bonds. The summed E-state index contributed by atoms with van der Waals surface area (Å²) in [7, 11) is 1.95. The number of hydrogen-bond donors (Lipinski definition) is 1. The van der Waals surface area contributed by atoms with Crippen LogP contribution in [0.5, 0.6) is 0 Å². The van der Waals surface area contributed by atoms with Crippen molar-refractivity contribution in [1.82, 2.24) is 9.97 Å². The smallest absolute Gasteiger partial charge is 0.225 e. The zero-order valence-electron chi connectivity index (χ0n) is 8.36. The van der Waals surface area contributed by atoms with Gasteiger partial charge >= 0.3 is 0 Å². The molecule has 4 heteroatoms. The Bertz CT molecular complexity index is 258. The molecule has 1 rings (SSSR count). The van der Waals surface area contributed by atoms with E-state index < -0.39 is 0 Å². The first-order chi connectivity index (χ1) is 6.08. The van der Waals surface area contributed by atoms with Crippen molar-refractivity contribution in [3.63, 3.8) is 0 Å². The van der Waals surface area contributed by atoms with Gasteiger partial charge in [0.05, 0.1) is 0 Å². The lowest BCUT2D eigenvalue weighted by Crippen LogP contribution is -2.48. The van der Waals surface area contributed by atoms with Gasteiger partial charge in [-0.3, -0.25) is 0 Å². The Labute approximate surface area is 78.8 Å². The fraction of sp³-hybridized carbons (Fsp3) is 0.556. The minimum absolute atomic E-state index is 0.110. The van der Waals surface area contributed by atoms with Crippen LogP contribution in [0, 0.1) is 0 Å². The Morgan fingerprint density at radius 3 is 2.38 bits per heavy atom. The van der Waals surface area contributed by atoms with E-state index in [0.29, 0.717) is 12.5 Å². The van der Waals surface area contributed by atoms with Crippen molar-refractivity contribution >= 4 is 5.95 Å². The van der Waals surface area contributed by atoms with Gasteiger partial charge in [0.2, 0.25) is 5.95 Å². The highest BCUT2D eigenvalue weighted by molar-refractivity contribution is 5.31. The van der Waals surface area contributed by atoms with Crippen LogP contribution in [-0.2, 0) is 0 Å². The molecule has 0 atom stereocenters. The molecule has 0 radical (unpaired) electrons. The van der Waals surface area contributed by atoms with Crippen molar-refractivity contribution in [2.24, 2.45) is 5.73 Å². The lowest BCUT2D eigenvalue weighted by Gasteiger charge is -2.34. The monoisotopic (exact) mass is 180 g/mol. The van der Waals surface area contributed by atoms with Gasteiger partial charge in [-0.05, 0) is 19.9 Å². The molecule has 0 fully saturated rings. The van der Waals surface area contributed by atoms with Gasteiger partial charge < -0.3 is 10.6 Å². The molecule has 0 bridgehead atoms. The van der Waals surface area contributed by atoms with Crippen molar-refractivity contribution < 1.29 is 0 Å². The number of nitrogens with zero attached hydrogens (tertiary/aromatic N) is 3. The molecule has 0 aliphatic carbocycles. The van der Waals surface area contributed by atoms with Crippen LogP contribution < -0.4 is 10.6 Å². The second-order valence-corrected chi connectivity index (χ2v) is 3.62. The molecule has 0 aromatic carbocycles. The number of nitrogens with two attached hydrogens (primary N) is 1. The van der Waals surface area contributed by atoms with E-state index in [-0.39, 0.29) is 5.54 Å².